The Morgan fingerprint density at radius 2 is 2.03 bits per heavy atom. The number of nitrogens with zero attached hydrogens (tertiary/aromatic N) is 1. The van der Waals surface area contributed by atoms with E-state index in [1.54, 1.807) is 6.07 Å². The molecule has 2 aliphatic heterocycles. The summed E-state index contributed by atoms with van der Waals surface area (Å²) in [7, 11) is 1.26. The fourth-order valence-corrected chi connectivity index (χ4v) is 7.65. The Kier molecular flexibility index (Phi) is 5.31. The summed E-state index contributed by atoms with van der Waals surface area (Å²) < 4.78 is 11.0. The number of nitrogens with one attached hydrogen (secondary N) is 1. The molecule has 204 valence electrons. The first-order valence-electron chi connectivity index (χ1n) is 13.3. The van der Waals surface area contributed by atoms with Crippen molar-refractivity contribution in [2.75, 3.05) is 25.5 Å². The fraction of sp³-hybridized carbons (Fsp3) is 0.448. The van der Waals surface area contributed by atoms with Gasteiger partial charge < -0.3 is 30.1 Å². The summed E-state index contributed by atoms with van der Waals surface area (Å²) in [6.45, 7) is 1.61. The molecule has 1 spiro atoms. The lowest BCUT2D eigenvalue weighted by Crippen LogP contribution is -2.75. The smallest absolute Gasteiger partial charge is 0.337 e. The molecular weight excluding hydrogens is 524 g/mol. The topological polar surface area (TPSA) is 129 Å². The van der Waals surface area contributed by atoms with Crippen molar-refractivity contribution in [1.29, 1.82) is 0 Å². The van der Waals surface area contributed by atoms with Gasteiger partial charge in [-0.1, -0.05) is 17.7 Å². The van der Waals surface area contributed by atoms with Crippen molar-refractivity contribution in [1.82, 2.24) is 4.90 Å². The van der Waals surface area contributed by atoms with E-state index in [1.165, 1.54) is 38.2 Å². The Balaban J connectivity index is 1.30. The number of hydrogen-bond acceptors (Lipinski definition) is 8. The lowest BCUT2D eigenvalue weighted by Gasteiger charge is -2.62. The predicted octanol–water partition coefficient (Wildman–Crippen LogP) is 3.46. The van der Waals surface area contributed by atoms with E-state index in [0.29, 0.717) is 18.8 Å². The number of phenols is 1. The van der Waals surface area contributed by atoms with Crippen LogP contribution in [0.5, 0.6) is 11.5 Å². The molecule has 4 atom stereocenters. The Labute approximate surface area is 230 Å². The number of ether oxygens (including phenoxy) is 2. The fourth-order valence-electron chi connectivity index (χ4n) is 7.43. The van der Waals surface area contributed by atoms with Crippen LogP contribution in [-0.2, 0) is 21.4 Å². The van der Waals surface area contributed by atoms with Gasteiger partial charge in [0.05, 0.1) is 40.0 Å². The third-order valence-electron chi connectivity index (χ3n) is 9.43. The molecule has 2 heterocycles. The maximum absolute atomic E-state index is 13.6. The maximum atomic E-state index is 13.6. The molecule has 0 unspecified atom stereocenters. The average Bonchev–Trinajstić information content (AvgIpc) is 3.66. The monoisotopic (exact) mass is 552 g/mol. The van der Waals surface area contributed by atoms with Crippen molar-refractivity contribution in [3.05, 3.63) is 63.4 Å². The molecule has 0 radical (unpaired) electrons. The normalized spacial score (nSPS) is 30.4. The number of piperidine rings is 1. The molecular formula is C29H29ClN2O7. The summed E-state index contributed by atoms with van der Waals surface area (Å²) in [5.74, 6) is -0.590. The summed E-state index contributed by atoms with van der Waals surface area (Å²) in [6.07, 6.45) is 2.35. The summed E-state index contributed by atoms with van der Waals surface area (Å²) >= 11 is 6.35. The molecule has 2 aromatic rings. The molecule has 39 heavy (non-hydrogen) atoms. The number of carbonyl (C=O) groups excluding carboxylic acids is 2. The molecule has 1 saturated carbocycles. The lowest BCUT2D eigenvalue weighted by atomic mass is 9.49. The third kappa shape index (κ3) is 3.33. The molecule has 7 rings (SSSR count). The molecule has 1 saturated heterocycles. The maximum Gasteiger partial charge on any atom is 0.337 e. The van der Waals surface area contributed by atoms with Crippen LogP contribution in [0.2, 0.25) is 5.02 Å². The Hall–Kier alpha value is -3.27. The molecule has 3 aliphatic carbocycles. The van der Waals surface area contributed by atoms with Crippen molar-refractivity contribution in [3.8, 4) is 11.5 Å². The Morgan fingerprint density at radius 3 is 2.74 bits per heavy atom. The van der Waals surface area contributed by atoms with E-state index in [9.17, 15) is 24.9 Å². The molecule has 2 aromatic carbocycles. The van der Waals surface area contributed by atoms with Crippen LogP contribution >= 0.6 is 11.6 Å². The van der Waals surface area contributed by atoms with E-state index >= 15 is 0 Å². The van der Waals surface area contributed by atoms with Gasteiger partial charge in [-0.3, -0.25) is 9.69 Å². The number of anilines is 1. The van der Waals surface area contributed by atoms with Crippen molar-refractivity contribution < 1.29 is 34.4 Å². The first-order valence-corrected chi connectivity index (χ1v) is 13.7. The first kappa shape index (κ1) is 24.7. The van der Waals surface area contributed by atoms with E-state index in [-0.39, 0.29) is 51.6 Å². The van der Waals surface area contributed by atoms with Gasteiger partial charge in [0.25, 0.3) is 5.91 Å². The quantitative estimate of drug-likeness (QED) is 0.415. The number of amides is 1. The Morgan fingerprint density at radius 1 is 1.23 bits per heavy atom. The van der Waals surface area contributed by atoms with Crippen LogP contribution in [-0.4, -0.2) is 70.0 Å². The number of aliphatic hydroxyl groups is 2. The van der Waals surface area contributed by atoms with Gasteiger partial charge in [-0.15, -0.1) is 0 Å². The number of esters is 1. The van der Waals surface area contributed by atoms with Gasteiger partial charge in [0.2, 0.25) is 0 Å². The van der Waals surface area contributed by atoms with Crippen LogP contribution in [0.3, 0.4) is 0 Å². The molecule has 1 amide bonds. The number of likely N-dealkylation sites (tertiary alicyclic amines) is 1. The van der Waals surface area contributed by atoms with E-state index in [2.05, 4.69) is 10.2 Å². The van der Waals surface area contributed by atoms with Crippen LogP contribution in [0.4, 0.5) is 5.69 Å². The van der Waals surface area contributed by atoms with E-state index in [1.807, 2.05) is 6.07 Å². The summed E-state index contributed by atoms with van der Waals surface area (Å²) in [5.41, 5.74) is -0.142. The standard InChI is InChI=1S/C29H29ClN2O7/c1-38-27(36)16-4-6-19(18(30)10-16)31-26(35)17-12-29(37)21-11-15-5-7-20(33)24-22(15)28(29,25(39-24)23(17)34)8-9-32(21)13-14-2-3-14/h4-7,10,14,21,25,33-34,37H,2-3,8-9,11-13H2,1H3,(H,31,35)/t21-,25+,28+,29-/m1/s1. The van der Waals surface area contributed by atoms with E-state index in [4.69, 9.17) is 21.1 Å². The van der Waals surface area contributed by atoms with E-state index < -0.39 is 29.0 Å². The summed E-state index contributed by atoms with van der Waals surface area (Å²) in [6, 6.07) is 7.57. The highest BCUT2D eigenvalue weighted by Gasteiger charge is 2.73. The highest BCUT2D eigenvalue weighted by molar-refractivity contribution is 6.34. The number of phenolic OH excluding ortho intramolecular Hbond substituents is 1. The first-order chi connectivity index (χ1) is 18.7. The van der Waals surface area contributed by atoms with Crippen LogP contribution in [0.1, 0.15) is 47.2 Å². The van der Waals surface area contributed by atoms with Crippen LogP contribution in [0.25, 0.3) is 0 Å². The largest absolute Gasteiger partial charge is 0.508 e. The lowest BCUT2D eigenvalue weighted by molar-refractivity contribution is -0.172. The minimum Gasteiger partial charge on any atom is -0.508 e. The number of rotatable bonds is 5. The number of benzene rings is 2. The van der Waals surface area contributed by atoms with Gasteiger partial charge in [0, 0.05) is 24.6 Å². The molecule has 9 nitrogen and oxygen atoms in total. The van der Waals surface area contributed by atoms with Crippen LogP contribution < -0.4 is 10.1 Å². The van der Waals surface area contributed by atoms with Gasteiger partial charge in [-0.05, 0) is 68.0 Å². The number of aliphatic hydroxyl groups excluding tert-OH is 1. The number of carbonyl (C=O) groups is 2. The van der Waals surface area contributed by atoms with Gasteiger partial charge in [0.15, 0.2) is 17.6 Å². The third-order valence-corrected chi connectivity index (χ3v) is 9.74. The van der Waals surface area contributed by atoms with E-state index in [0.717, 1.165) is 24.2 Å². The van der Waals surface area contributed by atoms with Gasteiger partial charge in [-0.2, -0.15) is 0 Å². The zero-order valence-corrected chi connectivity index (χ0v) is 22.1. The second-order valence-electron chi connectivity index (χ2n) is 11.4. The SMILES string of the molecule is COC(=O)c1ccc(NC(=O)C2=C(O)[C@@H]3Oc4c(O)ccc5c4[C@@]34CCN(CC3CC3)[C@H](C5)[C@]4(O)C2)c(Cl)c1. The molecule has 10 heteroatoms. The number of aromatic hydroxyl groups is 1. The summed E-state index contributed by atoms with van der Waals surface area (Å²) in [5, 5.41) is 37.8. The minimum atomic E-state index is -1.41. The molecule has 0 aromatic heterocycles. The van der Waals surface area contributed by atoms with Crippen molar-refractivity contribution in [3.63, 3.8) is 0 Å². The number of halogens is 1. The van der Waals surface area contributed by atoms with Gasteiger partial charge in [0.1, 0.15) is 5.76 Å². The van der Waals surface area contributed by atoms with Crippen LogP contribution in [0.15, 0.2) is 41.7 Å². The van der Waals surface area contributed by atoms with Crippen LogP contribution in [0, 0.1) is 5.92 Å². The minimum absolute atomic E-state index is 0.0141. The number of hydrogen-bond donors (Lipinski definition) is 4. The van der Waals surface area contributed by atoms with Crippen molar-refractivity contribution in [2.45, 2.75) is 55.3 Å². The molecule has 2 fully saturated rings. The molecule has 2 bridgehead atoms. The molecule has 5 aliphatic rings. The predicted molar refractivity (Wildman–Crippen MR) is 141 cm³/mol. The highest BCUT2D eigenvalue weighted by Crippen LogP contribution is 2.66. The second-order valence-corrected chi connectivity index (χ2v) is 11.8. The summed E-state index contributed by atoms with van der Waals surface area (Å²) in [4.78, 5) is 27.8. The average molecular weight is 553 g/mol. The van der Waals surface area contributed by atoms with Crippen molar-refractivity contribution in [2.24, 2.45) is 5.92 Å². The zero-order chi connectivity index (χ0) is 27.3. The van der Waals surface area contributed by atoms with Crippen molar-refractivity contribution >= 4 is 29.2 Å². The van der Waals surface area contributed by atoms with Gasteiger partial charge >= 0.3 is 5.97 Å². The Bertz CT molecular complexity index is 1470. The number of methoxy groups -OCH3 is 1. The second kappa shape index (κ2) is 8.36. The zero-order valence-electron chi connectivity index (χ0n) is 21.4. The van der Waals surface area contributed by atoms with Gasteiger partial charge in [-0.25, -0.2) is 4.79 Å². The highest BCUT2D eigenvalue weighted by atomic mass is 35.5. The molecule has 4 N–H and O–H groups in total.